The maximum absolute atomic E-state index is 14.3. The first-order valence-electron chi connectivity index (χ1n) is 18.3. The average Bonchev–Trinajstić information content (AvgIpc) is 3.39. The Labute approximate surface area is 291 Å². The van der Waals surface area contributed by atoms with E-state index in [0.717, 1.165) is 24.8 Å². The van der Waals surface area contributed by atoms with Gasteiger partial charge in [0, 0.05) is 25.9 Å². The molecule has 5 rings (SSSR count). The minimum Gasteiger partial charge on any atom is -0.462 e. The van der Waals surface area contributed by atoms with Crippen LogP contribution in [0.25, 0.3) is 0 Å². The lowest BCUT2D eigenvalue weighted by atomic mass is 9.70. The van der Waals surface area contributed by atoms with Crippen LogP contribution in [0.3, 0.4) is 0 Å². The maximum Gasteiger partial charge on any atom is 0.316 e. The summed E-state index contributed by atoms with van der Waals surface area (Å²) < 4.78 is 37.4. The molecule has 0 radical (unpaired) electrons. The number of allylic oxidation sites excluding steroid dienone is 4. The molecule has 10 heteroatoms. The fourth-order valence-corrected chi connectivity index (χ4v) is 8.27. The Morgan fingerprint density at radius 1 is 1.16 bits per heavy atom. The molecule has 2 bridgehead atoms. The van der Waals surface area contributed by atoms with E-state index in [1.807, 2.05) is 39.8 Å². The third kappa shape index (κ3) is 7.65. The summed E-state index contributed by atoms with van der Waals surface area (Å²) in [6.07, 6.45) is 8.91. The molecule has 3 fully saturated rings. The molecule has 3 unspecified atom stereocenters. The van der Waals surface area contributed by atoms with E-state index in [1.54, 1.807) is 13.2 Å². The van der Waals surface area contributed by atoms with Gasteiger partial charge in [-0.3, -0.25) is 9.59 Å². The van der Waals surface area contributed by atoms with Gasteiger partial charge in [0.15, 0.2) is 0 Å². The Morgan fingerprint density at radius 2 is 1.92 bits per heavy atom. The van der Waals surface area contributed by atoms with E-state index in [-0.39, 0.29) is 36.8 Å². The molecule has 2 N–H and O–H groups in total. The van der Waals surface area contributed by atoms with E-state index in [4.69, 9.17) is 28.4 Å². The summed E-state index contributed by atoms with van der Waals surface area (Å²) in [7, 11) is 1.57. The zero-order valence-corrected chi connectivity index (χ0v) is 30.6. The van der Waals surface area contributed by atoms with Crippen molar-refractivity contribution in [3.63, 3.8) is 0 Å². The minimum atomic E-state index is -1.68. The van der Waals surface area contributed by atoms with Crippen molar-refractivity contribution >= 4 is 11.9 Å². The minimum absolute atomic E-state index is 0.0343. The predicted molar refractivity (Wildman–Crippen MR) is 183 cm³/mol. The number of hydrogen-bond donors (Lipinski definition) is 2. The molecule has 0 aromatic carbocycles. The molecule has 3 saturated heterocycles. The van der Waals surface area contributed by atoms with E-state index in [1.165, 1.54) is 5.57 Å². The predicted octanol–water partition coefficient (Wildman–Crippen LogP) is 5.51. The van der Waals surface area contributed by atoms with Gasteiger partial charge in [0.1, 0.15) is 42.0 Å². The molecule has 1 spiro atoms. The number of rotatable bonds is 6. The standard InChI is InChI=1S/C39H58O10/c1-9-10-13-24(4)36(41)47-33-26(6)27(7)48-38(34(33)40)20-30-19-29(49-38)16-15-23(3)17-22(2)12-11-14-28-21-45-35-32(44-8)25(5)18-31(37(42)46-30)39(28,35)43/h11-12,14-15,18,22,24,26-27,29-35,40,43H,9-10,13,16-17,19-21H2,1-8H3/b12-11+,23-15+,28-14+/t22-,24?,26+,27+,29+,30-,31?,32+,33?,34+,35+,38+,39+/m0/s1. The number of fused-ring (bicyclic) bond motifs is 2. The Balaban J connectivity index is 1.50. The van der Waals surface area contributed by atoms with Gasteiger partial charge in [-0.05, 0) is 57.1 Å². The summed E-state index contributed by atoms with van der Waals surface area (Å²) in [5.74, 6) is -4.00. The van der Waals surface area contributed by atoms with Gasteiger partial charge in [-0.25, -0.2) is 0 Å². The molecular formula is C39H58O10. The second-order valence-electron chi connectivity index (χ2n) is 15.3. The van der Waals surface area contributed by atoms with Crippen molar-refractivity contribution in [2.45, 2.75) is 148 Å². The van der Waals surface area contributed by atoms with Gasteiger partial charge >= 0.3 is 11.9 Å². The van der Waals surface area contributed by atoms with Crippen LogP contribution in [0, 0.1) is 23.7 Å². The molecule has 1 aliphatic carbocycles. The highest BCUT2D eigenvalue weighted by atomic mass is 16.7. The Kier molecular flexibility index (Phi) is 12.0. The van der Waals surface area contributed by atoms with E-state index in [0.29, 0.717) is 24.8 Å². The van der Waals surface area contributed by atoms with Gasteiger partial charge in [0.05, 0.1) is 24.7 Å². The van der Waals surface area contributed by atoms with E-state index >= 15 is 0 Å². The Bertz CT molecular complexity index is 1330. The zero-order chi connectivity index (χ0) is 35.7. The van der Waals surface area contributed by atoms with Crippen molar-refractivity contribution in [3.05, 3.63) is 47.1 Å². The first kappa shape index (κ1) is 37.9. The van der Waals surface area contributed by atoms with Crippen LogP contribution in [0.4, 0.5) is 0 Å². The third-order valence-electron chi connectivity index (χ3n) is 11.4. The van der Waals surface area contributed by atoms with Crippen LogP contribution in [0.15, 0.2) is 47.1 Å². The zero-order valence-electron chi connectivity index (χ0n) is 30.6. The second-order valence-corrected chi connectivity index (χ2v) is 15.3. The Morgan fingerprint density at radius 3 is 2.63 bits per heavy atom. The highest BCUT2D eigenvalue weighted by Gasteiger charge is 2.62. The number of carbonyl (C=O) groups is 2. The van der Waals surface area contributed by atoms with Gasteiger partial charge in [0.25, 0.3) is 0 Å². The monoisotopic (exact) mass is 686 g/mol. The Hall–Kier alpha value is -2.34. The van der Waals surface area contributed by atoms with Crippen LogP contribution in [0.1, 0.15) is 93.4 Å². The molecule has 13 atom stereocenters. The normalized spacial score (nSPS) is 44.8. The highest BCUT2D eigenvalue weighted by Crippen LogP contribution is 2.48. The fraction of sp³-hybridized carbons (Fsp3) is 0.744. The maximum atomic E-state index is 14.3. The fourth-order valence-electron chi connectivity index (χ4n) is 8.27. The van der Waals surface area contributed by atoms with Gasteiger partial charge in [-0.2, -0.15) is 0 Å². The van der Waals surface area contributed by atoms with Gasteiger partial charge in [-0.15, -0.1) is 0 Å². The van der Waals surface area contributed by atoms with Crippen molar-refractivity contribution in [2.75, 3.05) is 13.7 Å². The van der Waals surface area contributed by atoms with E-state index < -0.39 is 66.0 Å². The molecule has 4 heterocycles. The first-order valence-corrected chi connectivity index (χ1v) is 18.3. The van der Waals surface area contributed by atoms with Gasteiger partial charge in [0.2, 0.25) is 5.79 Å². The van der Waals surface area contributed by atoms with Crippen LogP contribution in [-0.4, -0.2) is 90.0 Å². The topological polar surface area (TPSA) is 130 Å². The molecule has 0 aromatic rings. The van der Waals surface area contributed by atoms with Crippen molar-refractivity contribution in [1.29, 1.82) is 0 Å². The van der Waals surface area contributed by atoms with E-state index in [9.17, 15) is 19.8 Å². The SMILES string of the molecule is CCCCC(C)C(=O)OC1[C@@H](O)[C@]2(C[C@@H]3C[C@@H](C/C=C(\C)C[C@@H](C)/C=C/C=C4\CO[C@@H]5[C@H](OC)C(C)=CC(C(=O)O3)[C@]45O)O2)O[C@H](C)[C@H]1C. The smallest absolute Gasteiger partial charge is 0.316 e. The number of unbranched alkanes of at least 4 members (excludes halogenated alkanes) is 1. The molecular weight excluding hydrogens is 628 g/mol. The molecule has 274 valence electrons. The highest BCUT2D eigenvalue weighted by molar-refractivity contribution is 5.78. The first-order chi connectivity index (χ1) is 23.2. The summed E-state index contributed by atoms with van der Waals surface area (Å²) in [4.78, 5) is 27.5. The number of hydrogen-bond acceptors (Lipinski definition) is 10. The van der Waals surface area contributed by atoms with Crippen LogP contribution in [-0.2, 0) is 38.0 Å². The number of aliphatic hydroxyl groups is 2. The number of carbonyl (C=O) groups excluding carboxylic acids is 2. The van der Waals surface area contributed by atoms with Gasteiger partial charge < -0.3 is 38.6 Å². The lowest BCUT2D eigenvalue weighted by molar-refractivity contribution is -0.383. The summed E-state index contributed by atoms with van der Waals surface area (Å²) in [5, 5.41) is 24.4. The number of methoxy groups -OCH3 is 1. The average molecular weight is 687 g/mol. The largest absolute Gasteiger partial charge is 0.462 e. The van der Waals surface area contributed by atoms with Crippen molar-refractivity contribution < 1.29 is 48.2 Å². The summed E-state index contributed by atoms with van der Waals surface area (Å²) in [6.45, 7) is 13.9. The molecule has 4 aliphatic heterocycles. The summed E-state index contributed by atoms with van der Waals surface area (Å²) in [6, 6.07) is 0. The van der Waals surface area contributed by atoms with Crippen molar-refractivity contribution in [3.8, 4) is 0 Å². The van der Waals surface area contributed by atoms with Crippen molar-refractivity contribution in [1.82, 2.24) is 0 Å². The number of aliphatic hydroxyl groups excluding tert-OH is 1. The summed E-state index contributed by atoms with van der Waals surface area (Å²) in [5.41, 5.74) is 0.847. The lowest BCUT2D eigenvalue weighted by Crippen LogP contribution is -2.67. The van der Waals surface area contributed by atoms with Crippen LogP contribution in [0.2, 0.25) is 0 Å². The number of esters is 2. The quantitative estimate of drug-likeness (QED) is 0.273. The van der Waals surface area contributed by atoms with Crippen LogP contribution in [0.5, 0.6) is 0 Å². The summed E-state index contributed by atoms with van der Waals surface area (Å²) >= 11 is 0. The number of ether oxygens (including phenoxy) is 6. The van der Waals surface area contributed by atoms with Crippen molar-refractivity contribution in [2.24, 2.45) is 23.7 Å². The molecule has 5 aliphatic rings. The third-order valence-corrected chi connectivity index (χ3v) is 11.4. The van der Waals surface area contributed by atoms with Gasteiger partial charge in [-0.1, -0.05) is 76.5 Å². The molecule has 0 amide bonds. The molecule has 0 aromatic heterocycles. The van der Waals surface area contributed by atoms with Crippen LogP contribution < -0.4 is 0 Å². The second kappa shape index (κ2) is 15.5. The molecule has 10 nitrogen and oxygen atoms in total. The molecule has 49 heavy (non-hydrogen) atoms. The van der Waals surface area contributed by atoms with E-state index in [2.05, 4.69) is 32.9 Å². The lowest BCUT2D eigenvalue weighted by Gasteiger charge is -2.53. The van der Waals surface area contributed by atoms with Crippen LogP contribution >= 0.6 is 0 Å². The molecule has 0 saturated carbocycles.